The molecule has 33 heavy (non-hydrogen) atoms. The van der Waals surface area contributed by atoms with E-state index in [-0.39, 0.29) is 27.8 Å². The molecule has 10 heteroatoms. The summed E-state index contributed by atoms with van der Waals surface area (Å²) in [6.07, 6.45) is 2.18. The minimum atomic E-state index is -0.618. The van der Waals surface area contributed by atoms with Crippen molar-refractivity contribution in [2.75, 3.05) is 18.5 Å². The van der Waals surface area contributed by atoms with E-state index in [0.29, 0.717) is 17.5 Å². The van der Waals surface area contributed by atoms with Gasteiger partial charge in [-0.3, -0.25) is 19.3 Å². The molecule has 2 aromatic carbocycles. The summed E-state index contributed by atoms with van der Waals surface area (Å²) >= 11 is 6.77. The van der Waals surface area contributed by atoms with Gasteiger partial charge in [-0.15, -0.1) is 0 Å². The quantitative estimate of drug-likeness (QED) is 0.456. The Balaban J connectivity index is 1.67. The molecule has 2 aromatic rings. The zero-order chi connectivity index (χ0) is 24.0. The van der Waals surface area contributed by atoms with Crippen LogP contribution in [-0.2, 0) is 14.3 Å². The van der Waals surface area contributed by atoms with Crippen molar-refractivity contribution in [3.8, 4) is 6.07 Å². The van der Waals surface area contributed by atoms with Gasteiger partial charge in [-0.2, -0.15) is 5.26 Å². The third-order valence-electron chi connectivity index (χ3n) is 4.42. The van der Waals surface area contributed by atoms with Gasteiger partial charge in [0.1, 0.15) is 6.54 Å². The molecule has 0 saturated carbocycles. The van der Waals surface area contributed by atoms with Crippen molar-refractivity contribution in [1.82, 2.24) is 4.90 Å². The lowest BCUT2D eigenvalue weighted by Gasteiger charge is -2.13. The Morgan fingerprint density at radius 1 is 1.21 bits per heavy atom. The molecule has 1 heterocycles. The molecule has 0 atom stereocenters. The number of carbonyl (C=O) groups is 4. The molecule has 1 saturated heterocycles. The number of anilines is 1. The number of esters is 1. The third kappa shape index (κ3) is 6.00. The number of benzene rings is 2. The Labute approximate surface area is 199 Å². The second kappa shape index (κ2) is 10.8. The van der Waals surface area contributed by atoms with Crippen molar-refractivity contribution in [2.45, 2.75) is 13.3 Å². The van der Waals surface area contributed by atoms with Gasteiger partial charge in [0.05, 0.1) is 33.7 Å². The Bertz CT molecular complexity index is 1190. The minimum Gasteiger partial charge on any atom is -0.462 e. The summed E-state index contributed by atoms with van der Waals surface area (Å²) in [6.45, 7) is 1.60. The van der Waals surface area contributed by atoms with Crippen molar-refractivity contribution < 1.29 is 23.9 Å². The molecular weight excluding hydrogens is 466 g/mol. The first-order chi connectivity index (χ1) is 15.8. The molecule has 0 aromatic heterocycles. The number of carbonyl (C=O) groups excluding carboxylic acids is 4. The van der Waals surface area contributed by atoms with E-state index in [0.717, 1.165) is 16.7 Å². The maximum atomic E-state index is 12.6. The van der Waals surface area contributed by atoms with E-state index < -0.39 is 29.6 Å². The van der Waals surface area contributed by atoms with Crippen LogP contribution in [0.5, 0.6) is 0 Å². The Morgan fingerprint density at radius 2 is 1.94 bits per heavy atom. The van der Waals surface area contributed by atoms with Gasteiger partial charge in [-0.1, -0.05) is 30.7 Å². The van der Waals surface area contributed by atoms with Crippen LogP contribution < -0.4 is 5.32 Å². The monoisotopic (exact) mass is 483 g/mol. The number of nitriles is 1. The number of hydrogen-bond acceptors (Lipinski definition) is 7. The highest BCUT2D eigenvalue weighted by Crippen LogP contribution is 2.32. The number of amides is 3. The summed E-state index contributed by atoms with van der Waals surface area (Å²) in [6, 6.07) is 12.8. The van der Waals surface area contributed by atoms with Gasteiger partial charge in [-0.05, 0) is 60.2 Å². The summed E-state index contributed by atoms with van der Waals surface area (Å²) in [4.78, 5) is 50.5. The maximum Gasteiger partial charge on any atom is 0.339 e. The fraction of sp³-hybridized carbons (Fsp3) is 0.174. The first kappa shape index (κ1) is 24.0. The first-order valence-corrected chi connectivity index (χ1v) is 11.0. The van der Waals surface area contributed by atoms with Gasteiger partial charge < -0.3 is 10.1 Å². The van der Waals surface area contributed by atoms with E-state index in [9.17, 15) is 19.2 Å². The topological polar surface area (TPSA) is 117 Å². The van der Waals surface area contributed by atoms with Crippen molar-refractivity contribution in [3.05, 3.63) is 69.1 Å². The SMILES string of the molecule is CCCOC(=O)c1cc(NC(=O)CN2C(=O)S/C(=C/c3ccc(C#N)cc3)C2=O)ccc1Cl. The van der Waals surface area contributed by atoms with E-state index >= 15 is 0 Å². The predicted molar refractivity (Wildman–Crippen MR) is 124 cm³/mol. The lowest BCUT2D eigenvalue weighted by Crippen LogP contribution is -2.36. The number of hydrogen-bond donors (Lipinski definition) is 1. The summed E-state index contributed by atoms with van der Waals surface area (Å²) in [5.41, 5.74) is 1.49. The van der Waals surface area contributed by atoms with Gasteiger partial charge in [0.25, 0.3) is 11.1 Å². The molecule has 3 rings (SSSR count). The Kier molecular flexibility index (Phi) is 7.87. The normalized spacial score (nSPS) is 14.3. The lowest BCUT2D eigenvalue weighted by atomic mass is 10.1. The highest BCUT2D eigenvalue weighted by atomic mass is 35.5. The van der Waals surface area contributed by atoms with Crippen molar-refractivity contribution >= 4 is 58.1 Å². The second-order valence-electron chi connectivity index (χ2n) is 6.88. The number of nitrogens with zero attached hydrogens (tertiary/aromatic N) is 2. The molecule has 0 bridgehead atoms. The van der Waals surface area contributed by atoms with Crippen LogP contribution in [0, 0.1) is 11.3 Å². The molecule has 0 radical (unpaired) electrons. The number of ether oxygens (including phenoxy) is 1. The van der Waals surface area contributed by atoms with E-state index in [1.54, 1.807) is 24.3 Å². The molecule has 0 unspecified atom stereocenters. The zero-order valence-corrected chi connectivity index (χ0v) is 19.0. The molecule has 168 valence electrons. The summed E-state index contributed by atoms with van der Waals surface area (Å²) in [7, 11) is 0. The maximum absolute atomic E-state index is 12.6. The van der Waals surface area contributed by atoms with E-state index in [4.69, 9.17) is 21.6 Å². The molecule has 1 aliphatic heterocycles. The van der Waals surface area contributed by atoms with Gasteiger partial charge in [-0.25, -0.2) is 4.79 Å². The number of thioether (sulfide) groups is 1. The van der Waals surface area contributed by atoms with Crippen LogP contribution in [0.3, 0.4) is 0 Å². The Morgan fingerprint density at radius 3 is 2.61 bits per heavy atom. The number of nitrogens with one attached hydrogen (secondary N) is 1. The average Bonchev–Trinajstić information content (AvgIpc) is 3.06. The molecular formula is C23H18ClN3O5S. The van der Waals surface area contributed by atoms with Crippen LogP contribution >= 0.6 is 23.4 Å². The first-order valence-electron chi connectivity index (χ1n) is 9.84. The minimum absolute atomic E-state index is 0.0967. The van der Waals surface area contributed by atoms with Gasteiger partial charge in [0.15, 0.2) is 0 Å². The fourth-order valence-corrected chi connectivity index (χ4v) is 3.85. The molecule has 0 spiro atoms. The molecule has 1 fully saturated rings. The van der Waals surface area contributed by atoms with Gasteiger partial charge in [0.2, 0.25) is 5.91 Å². The van der Waals surface area contributed by atoms with Crippen LogP contribution in [0.2, 0.25) is 5.02 Å². The van der Waals surface area contributed by atoms with Crippen molar-refractivity contribution in [2.24, 2.45) is 0 Å². The van der Waals surface area contributed by atoms with E-state index in [1.807, 2.05) is 13.0 Å². The number of imide groups is 1. The fourth-order valence-electron chi connectivity index (χ4n) is 2.82. The molecule has 3 amide bonds. The largest absolute Gasteiger partial charge is 0.462 e. The number of rotatable bonds is 7. The molecule has 0 aliphatic carbocycles. The molecule has 1 aliphatic rings. The second-order valence-corrected chi connectivity index (χ2v) is 8.28. The van der Waals surface area contributed by atoms with Gasteiger partial charge >= 0.3 is 5.97 Å². The van der Waals surface area contributed by atoms with Crippen LogP contribution in [0.1, 0.15) is 34.8 Å². The van der Waals surface area contributed by atoms with Crippen LogP contribution in [-0.4, -0.2) is 41.1 Å². The van der Waals surface area contributed by atoms with Crippen molar-refractivity contribution in [3.63, 3.8) is 0 Å². The highest BCUT2D eigenvalue weighted by molar-refractivity contribution is 8.18. The van der Waals surface area contributed by atoms with Gasteiger partial charge in [0, 0.05) is 5.69 Å². The van der Waals surface area contributed by atoms with Crippen LogP contribution in [0.4, 0.5) is 10.5 Å². The smallest absolute Gasteiger partial charge is 0.339 e. The molecule has 1 N–H and O–H groups in total. The van der Waals surface area contributed by atoms with Crippen LogP contribution in [0.25, 0.3) is 6.08 Å². The summed E-state index contributed by atoms with van der Waals surface area (Å²) in [5.74, 6) is -1.83. The standard InChI is InChI=1S/C23H18ClN3O5S/c1-2-9-32-22(30)17-11-16(7-8-18(17)24)26-20(28)13-27-21(29)19(33-23(27)31)10-14-3-5-15(12-25)6-4-14/h3-8,10-11H,2,9,13H2,1H3,(H,26,28)/b19-10+. The lowest BCUT2D eigenvalue weighted by molar-refractivity contribution is -0.127. The van der Waals surface area contributed by atoms with Crippen LogP contribution in [0.15, 0.2) is 47.4 Å². The predicted octanol–water partition coefficient (Wildman–Crippen LogP) is 4.45. The van der Waals surface area contributed by atoms with E-state index in [2.05, 4.69) is 5.32 Å². The van der Waals surface area contributed by atoms with Crippen molar-refractivity contribution in [1.29, 1.82) is 5.26 Å². The summed E-state index contributed by atoms with van der Waals surface area (Å²) < 4.78 is 5.07. The number of halogens is 1. The zero-order valence-electron chi connectivity index (χ0n) is 17.5. The molecule has 8 nitrogen and oxygen atoms in total. The third-order valence-corrected chi connectivity index (χ3v) is 5.66. The Hall–Kier alpha value is -3.61. The van der Waals surface area contributed by atoms with E-state index in [1.165, 1.54) is 24.3 Å². The summed E-state index contributed by atoms with van der Waals surface area (Å²) in [5, 5.41) is 11.0. The average molecular weight is 484 g/mol. The highest BCUT2D eigenvalue weighted by Gasteiger charge is 2.36.